The summed E-state index contributed by atoms with van der Waals surface area (Å²) in [6.45, 7) is 4.07. The van der Waals surface area contributed by atoms with E-state index in [0.717, 1.165) is 21.9 Å². The smallest absolute Gasteiger partial charge is 0.325 e. The predicted molar refractivity (Wildman–Crippen MR) is 132 cm³/mol. The maximum Gasteiger partial charge on any atom is 0.325 e. The molecule has 4 rings (SSSR count). The second-order valence-electron chi connectivity index (χ2n) is 8.28. The van der Waals surface area contributed by atoms with E-state index in [1.807, 2.05) is 36.7 Å². The summed E-state index contributed by atoms with van der Waals surface area (Å²) in [5.41, 5.74) is 3.54. The first-order chi connectivity index (χ1) is 16.4. The Hall–Kier alpha value is -4.26. The van der Waals surface area contributed by atoms with Crippen LogP contribution in [0.4, 0.5) is 5.69 Å². The largest absolute Gasteiger partial charge is 0.468 e. The molecule has 0 aliphatic rings. The summed E-state index contributed by atoms with van der Waals surface area (Å²) in [7, 11) is 1.25. The van der Waals surface area contributed by atoms with Crippen LogP contribution in [0, 0.1) is 0 Å². The number of carbonyl (C=O) groups is 2. The molecule has 1 N–H and O–H groups in total. The highest BCUT2D eigenvalue weighted by molar-refractivity contribution is 6.06. The number of rotatable bonds is 6. The number of amides is 1. The monoisotopic (exact) mass is 455 g/mol. The number of hydrogen-bond donors (Lipinski definition) is 1. The summed E-state index contributed by atoms with van der Waals surface area (Å²) in [6, 6.07) is 16.3. The number of hydrogen-bond acceptors (Lipinski definition) is 5. The van der Waals surface area contributed by atoms with Crippen LogP contribution in [0.2, 0.25) is 0 Å². The molecule has 1 amide bonds. The average molecular weight is 456 g/mol. The number of nitrogens with one attached hydrogen (secondary N) is 1. The number of ether oxygens (including phenoxy) is 1. The van der Waals surface area contributed by atoms with Crippen molar-refractivity contribution in [3.8, 4) is 11.1 Å². The average Bonchev–Trinajstić information content (AvgIpc) is 2.85. The molecule has 172 valence electrons. The lowest BCUT2D eigenvalue weighted by atomic mass is 9.93. The molecule has 7 heteroatoms. The Balaban J connectivity index is 1.65. The van der Waals surface area contributed by atoms with E-state index < -0.39 is 5.97 Å². The van der Waals surface area contributed by atoms with E-state index in [1.54, 1.807) is 6.07 Å². The molecule has 0 saturated heterocycles. The Bertz CT molecular complexity index is 1440. The van der Waals surface area contributed by atoms with Crippen LogP contribution in [0.15, 0.2) is 78.0 Å². The highest BCUT2D eigenvalue weighted by Crippen LogP contribution is 2.32. The fourth-order valence-corrected chi connectivity index (χ4v) is 3.92. The van der Waals surface area contributed by atoms with Crippen LogP contribution in [0.3, 0.4) is 0 Å². The van der Waals surface area contributed by atoms with Gasteiger partial charge in [-0.25, -0.2) is 0 Å². The van der Waals surface area contributed by atoms with Crippen molar-refractivity contribution in [2.75, 3.05) is 12.4 Å². The molecular formula is C27H25N3O4. The molecule has 2 aromatic heterocycles. The number of nitrogens with zero attached hydrogens (tertiary/aromatic N) is 2. The highest BCUT2D eigenvalue weighted by atomic mass is 16.5. The Morgan fingerprint density at radius 2 is 1.82 bits per heavy atom. The molecule has 0 spiro atoms. The van der Waals surface area contributed by atoms with Crippen LogP contribution in [0.5, 0.6) is 0 Å². The van der Waals surface area contributed by atoms with E-state index in [4.69, 9.17) is 0 Å². The van der Waals surface area contributed by atoms with Crippen LogP contribution in [-0.2, 0) is 16.1 Å². The number of esters is 1. The molecule has 0 fully saturated rings. The molecule has 0 bridgehead atoms. The van der Waals surface area contributed by atoms with Gasteiger partial charge in [-0.2, -0.15) is 0 Å². The third kappa shape index (κ3) is 4.73. The van der Waals surface area contributed by atoms with Crippen LogP contribution in [0.25, 0.3) is 21.9 Å². The van der Waals surface area contributed by atoms with Gasteiger partial charge in [0, 0.05) is 41.2 Å². The topological polar surface area (TPSA) is 90.3 Å². The number of anilines is 1. The van der Waals surface area contributed by atoms with Gasteiger partial charge in [0.2, 0.25) is 0 Å². The van der Waals surface area contributed by atoms with Crippen LogP contribution >= 0.6 is 0 Å². The number of carbonyl (C=O) groups excluding carboxylic acids is 2. The summed E-state index contributed by atoms with van der Waals surface area (Å²) in [5, 5.41) is 4.96. The minimum Gasteiger partial charge on any atom is -0.468 e. The summed E-state index contributed by atoms with van der Waals surface area (Å²) in [5.74, 6) is -0.524. The van der Waals surface area contributed by atoms with Crippen molar-refractivity contribution in [2.24, 2.45) is 0 Å². The minimum atomic E-state index is -0.553. The number of aromatic nitrogens is 2. The SMILES string of the molecule is COC(=O)Cn1cc(NC(=O)c2cccc(-c3cncc4c(C(C)C)cccc34)c2)ccc1=O. The first kappa shape index (κ1) is 22.9. The van der Waals surface area contributed by atoms with Crippen molar-refractivity contribution < 1.29 is 14.3 Å². The third-order valence-corrected chi connectivity index (χ3v) is 5.66. The van der Waals surface area contributed by atoms with Crippen molar-refractivity contribution in [3.63, 3.8) is 0 Å². The van der Waals surface area contributed by atoms with Crippen LogP contribution < -0.4 is 10.9 Å². The van der Waals surface area contributed by atoms with E-state index in [-0.39, 0.29) is 18.0 Å². The Morgan fingerprint density at radius 3 is 2.59 bits per heavy atom. The van der Waals surface area contributed by atoms with Gasteiger partial charge in [-0.05, 0) is 40.6 Å². The Morgan fingerprint density at radius 1 is 1.03 bits per heavy atom. The van der Waals surface area contributed by atoms with Crippen LogP contribution in [-0.4, -0.2) is 28.5 Å². The fourth-order valence-electron chi connectivity index (χ4n) is 3.92. The number of fused-ring (bicyclic) bond motifs is 1. The highest BCUT2D eigenvalue weighted by Gasteiger charge is 2.13. The summed E-state index contributed by atoms with van der Waals surface area (Å²) < 4.78 is 5.80. The zero-order valence-electron chi connectivity index (χ0n) is 19.2. The normalized spacial score (nSPS) is 10.9. The van der Waals surface area contributed by atoms with E-state index in [9.17, 15) is 14.4 Å². The first-order valence-electron chi connectivity index (χ1n) is 10.9. The molecule has 2 aromatic carbocycles. The molecule has 0 radical (unpaired) electrons. The lowest BCUT2D eigenvalue weighted by Crippen LogP contribution is -2.24. The van der Waals surface area contributed by atoms with Crippen LogP contribution in [0.1, 0.15) is 35.7 Å². The first-order valence-corrected chi connectivity index (χ1v) is 10.9. The van der Waals surface area contributed by atoms with Gasteiger partial charge in [0.05, 0.1) is 12.8 Å². The van der Waals surface area contributed by atoms with Crippen molar-refractivity contribution >= 4 is 28.3 Å². The summed E-state index contributed by atoms with van der Waals surface area (Å²) >= 11 is 0. The summed E-state index contributed by atoms with van der Waals surface area (Å²) in [4.78, 5) is 41.0. The van der Waals surface area contributed by atoms with Gasteiger partial charge < -0.3 is 14.6 Å². The van der Waals surface area contributed by atoms with Crippen molar-refractivity contribution in [3.05, 3.63) is 94.7 Å². The van der Waals surface area contributed by atoms with Gasteiger partial charge >= 0.3 is 5.97 Å². The molecular weight excluding hydrogens is 430 g/mol. The van der Waals surface area contributed by atoms with Gasteiger partial charge in [0.25, 0.3) is 11.5 Å². The van der Waals surface area contributed by atoms with Crippen molar-refractivity contribution in [2.45, 2.75) is 26.3 Å². The predicted octanol–water partition coefficient (Wildman–Crippen LogP) is 4.61. The number of pyridine rings is 2. The van der Waals surface area contributed by atoms with E-state index in [2.05, 4.69) is 41.0 Å². The minimum absolute atomic E-state index is 0.235. The van der Waals surface area contributed by atoms with Crippen molar-refractivity contribution in [1.82, 2.24) is 9.55 Å². The van der Waals surface area contributed by atoms with E-state index >= 15 is 0 Å². The van der Waals surface area contributed by atoms with Gasteiger partial charge in [0.1, 0.15) is 6.54 Å². The Labute approximate surface area is 197 Å². The second-order valence-corrected chi connectivity index (χ2v) is 8.28. The molecule has 0 aliphatic carbocycles. The maximum absolute atomic E-state index is 13.0. The second kappa shape index (κ2) is 9.70. The molecule has 7 nitrogen and oxygen atoms in total. The molecule has 2 heterocycles. The third-order valence-electron chi connectivity index (χ3n) is 5.66. The molecule has 34 heavy (non-hydrogen) atoms. The lowest BCUT2D eigenvalue weighted by molar-refractivity contribution is -0.141. The maximum atomic E-state index is 13.0. The lowest BCUT2D eigenvalue weighted by Gasteiger charge is -2.13. The zero-order valence-corrected chi connectivity index (χ0v) is 19.2. The van der Waals surface area contributed by atoms with E-state index in [0.29, 0.717) is 17.2 Å². The zero-order chi connectivity index (χ0) is 24.2. The van der Waals surface area contributed by atoms with Gasteiger partial charge in [-0.15, -0.1) is 0 Å². The fraction of sp³-hybridized carbons (Fsp3) is 0.185. The summed E-state index contributed by atoms with van der Waals surface area (Å²) in [6.07, 6.45) is 5.11. The van der Waals surface area contributed by atoms with Gasteiger partial charge in [-0.1, -0.05) is 44.2 Å². The standard InChI is InChI=1S/C27H25N3O4/c1-17(2)21-8-5-9-22-23(13-28-14-24(21)22)18-6-4-7-19(12-18)27(33)29-20-10-11-25(31)30(15-20)16-26(32)34-3/h4-15,17H,16H2,1-3H3,(H,29,33). The molecule has 0 atom stereocenters. The number of methoxy groups -OCH3 is 1. The molecule has 0 unspecified atom stereocenters. The van der Waals surface area contributed by atoms with Gasteiger partial charge in [-0.3, -0.25) is 19.4 Å². The van der Waals surface area contributed by atoms with Gasteiger partial charge in [0.15, 0.2) is 0 Å². The molecule has 4 aromatic rings. The van der Waals surface area contributed by atoms with E-state index in [1.165, 1.54) is 35.6 Å². The molecule has 0 saturated carbocycles. The molecule has 0 aliphatic heterocycles. The Kier molecular flexibility index (Phi) is 6.54. The number of benzene rings is 2. The van der Waals surface area contributed by atoms with Crippen molar-refractivity contribution in [1.29, 1.82) is 0 Å². The quantitative estimate of drug-likeness (QED) is 0.429.